The fourth-order valence-electron chi connectivity index (χ4n) is 2.11. The topological polar surface area (TPSA) is 39.2 Å². The van der Waals surface area contributed by atoms with Crippen molar-refractivity contribution in [1.82, 2.24) is 0 Å². The van der Waals surface area contributed by atoms with Gasteiger partial charge >= 0.3 is 0 Å². The lowest BCUT2D eigenvalue weighted by atomic mass is 9.85. The van der Waals surface area contributed by atoms with Crippen molar-refractivity contribution in [3.05, 3.63) is 33.7 Å². The second kappa shape index (κ2) is 4.10. The number of rotatable bonds is 1. The maximum atomic E-state index is 13.5. The largest absolute Gasteiger partial charge is 0.459 e. The van der Waals surface area contributed by atoms with Gasteiger partial charge in [0, 0.05) is 17.0 Å². The van der Waals surface area contributed by atoms with E-state index in [4.69, 9.17) is 10.2 Å². The second-order valence-corrected chi connectivity index (χ2v) is 5.97. The summed E-state index contributed by atoms with van der Waals surface area (Å²) < 4.78 is 19.5. The van der Waals surface area contributed by atoms with E-state index >= 15 is 0 Å². The monoisotopic (exact) mass is 299 g/mol. The number of furan rings is 1. The normalized spacial score (nSPS) is 12.4. The van der Waals surface area contributed by atoms with Crippen molar-refractivity contribution in [2.75, 3.05) is 0 Å². The Morgan fingerprint density at radius 2 is 2.00 bits per heavy atom. The van der Waals surface area contributed by atoms with Crippen LogP contribution in [-0.4, -0.2) is 0 Å². The highest BCUT2D eigenvalue weighted by atomic mass is 79.9. The van der Waals surface area contributed by atoms with E-state index in [2.05, 4.69) is 36.7 Å². The minimum atomic E-state index is -0.324. The molecule has 4 heteroatoms. The van der Waals surface area contributed by atoms with E-state index in [9.17, 15) is 4.39 Å². The van der Waals surface area contributed by atoms with Crippen molar-refractivity contribution >= 4 is 26.9 Å². The van der Waals surface area contributed by atoms with Crippen LogP contribution in [0.15, 0.2) is 21.0 Å². The van der Waals surface area contributed by atoms with Gasteiger partial charge in [0.2, 0.25) is 0 Å². The number of nitrogens with two attached hydrogens (primary N) is 1. The molecular weight excluding hydrogens is 285 g/mol. The molecule has 2 N–H and O–H groups in total. The number of hydrogen-bond donors (Lipinski definition) is 1. The Kier molecular flexibility index (Phi) is 3.04. The van der Waals surface area contributed by atoms with Gasteiger partial charge in [-0.15, -0.1) is 0 Å². The maximum Gasteiger partial charge on any atom is 0.141 e. The van der Waals surface area contributed by atoms with Crippen LogP contribution in [0.1, 0.15) is 32.1 Å². The van der Waals surface area contributed by atoms with Gasteiger partial charge in [0.05, 0.1) is 11.0 Å². The van der Waals surface area contributed by atoms with Crippen LogP contribution in [-0.2, 0) is 12.0 Å². The molecular formula is C13H15BrFNO. The van der Waals surface area contributed by atoms with Crippen molar-refractivity contribution in [2.24, 2.45) is 5.73 Å². The van der Waals surface area contributed by atoms with Gasteiger partial charge in [-0.2, -0.15) is 0 Å². The summed E-state index contributed by atoms with van der Waals surface area (Å²) in [6.07, 6.45) is 0. The van der Waals surface area contributed by atoms with E-state index in [0.29, 0.717) is 16.6 Å². The molecule has 0 aliphatic rings. The van der Waals surface area contributed by atoms with Crippen LogP contribution in [0.3, 0.4) is 0 Å². The molecule has 1 aromatic heterocycles. The average molecular weight is 300 g/mol. The molecule has 0 amide bonds. The molecule has 2 nitrogen and oxygen atoms in total. The standard InChI is InChI=1S/C13H15BrFNO/c1-13(2,3)12-7-4-8(14)9(15)5-10(7)17-11(12)6-16/h4-5H,6,16H2,1-3H3. The molecule has 0 atom stereocenters. The first-order valence-corrected chi connectivity index (χ1v) is 6.25. The van der Waals surface area contributed by atoms with Crippen molar-refractivity contribution in [3.8, 4) is 0 Å². The van der Waals surface area contributed by atoms with Gasteiger partial charge in [0.1, 0.15) is 17.2 Å². The fraction of sp³-hybridized carbons (Fsp3) is 0.385. The Hall–Kier alpha value is -0.870. The zero-order chi connectivity index (χ0) is 12.8. The van der Waals surface area contributed by atoms with Gasteiger partial charge in [-0.05, 0) is 27.4 Å². The molecule has 2 aromatic rings. The minimum absolute atomic E-state index is 0.0861. The predicted octanol–water partition coefficient (Wildman–Crippen LogP) is 4.09. The molecule has 1 heterocycles. The van der Waals surface area contributed by atoms with Gasteiger partial charge in [-0.3, -0.25) is 0 Å². The van der Waals surface area contributed by atoms with Crippen LogP contribution in [0.4, 0.5) is 4.39 Å². The summed E-state index contributed by atoms with van der Waals surface area (Å²) in [6.45, 7) is 6.59. The van der Waals surface area contributed by atoms with Crippen LogP contribution < -0.4 is 5.73 Å². The van der Waals surface area contributed by atoms with Gasteiger partial charge in [0.15, 0.2) is 0 Å². The fourth-order valence-corrected chi connectivity index (χ4v) is 2.45. The van der Waals surface area contributed by atoms with Crippen LogP contribution in [0.5, 0.6) is 0 Å². The predicted molar refractivity (Wildman–Crippen MR) is 70.5 cm³/mol. The molecule has 0 aliphatic heterocycles. The summed E-state index contributed by atoms with van der Waals surface area (Å²) in [5.41, 5.74) is 7.21. The van der Waals surface area contributed by atoms with Crippen molar-refractivity contribution in [3.63, 3.8) is 0 Å². The molecule has 1 aromatic carbocycles. The van der Waals surface area contributed by atoms with Crippen LogP contribution in [0, 0.1) is 5.82 Å². The summed E-state index contributed by atoms with van der Waals surface area (Å²) in [5.74, 6) is 0.403. The third-order valence-electron chi connectivity index (χ3n) is 2.74. The highest BCUT2D eigenvalue weighted by molar-refractivity contribution is 9.10. The Morgan fingerprint density at radius 3 is 2.53 bits per heavy atom. The summed E-state index contributed by atoms with van der Waals surface area (Å²) in [4.78, 5) is 0. The number of benzene rings is 1. The first kappa shape index (κ1) is 12.6. The lowest BCUT2D eigenvalue weighted by molar-refractivity contribution is 0.509. The second-order valence-electron chi connectivity index (χ2n) is 5.12. The van der Waals surface area contributed by atoms with Crippen LogP contribution >= 0.6 is 15.9 Å². The molecule has 17 heavy (non-hydrogen) atoms. The summed E-state index contributed by atoms with van der Waals surface area (Å²) in [7, 11) is 0. The van der Waals surface area contributed by atoms with E-state index in [1.807, 2.05) is 0 Å². The van der Waals surface area contributed by atoms with Crippen molar-refractivity contribution < 1.29 is 8.81 Å². The van der Waals surface area contributed by atoms with E-state index in [1.54, 1.807) is 6.07 Å². The molecule has 0 saturated heterocycles. The lowest BCUT2D eigenvalue weighted by Gasteiger charge is -2.18. The Morgan fingerprint density at radius 1 is 1.35 bits per heavy atom. The third-order valence-corrected chi connectivity index (χ3v) is 3.35. The molecule has 0 fully saturated rings. The molecule has 0 aliphatic carbocycles. The Balaban J connectivity index is 2.84. The Bertz CT molecular complexity index is 569. The zero-order valence-electron chi connectivity index (χ0n) is 10.1. The molecule has 0 radical (unpaired) electrons. The highest BCUT2D eigenvalue weighted by Crippen LogP contribution is 2.37. The van der Waals surface area contributed by atoms with Crippen molar-refractivity contribution in [1.29, 1.82) is 0 Å². The lowest BCUT2D eigenvalue weighted by Crippen LogP contribution is -2.14. The van der Waals surface area contributed by atoms with Crippen LogP contribution in [0.25, 0.3) is 11.0 Å². The molecule has 92 valence electrons. The summed E-state index contributed by atoms with van der Waals surface area (Å²) >= 11 is 3.20. The average Bonchev–Trinajstić information content (AvgIpc) is 2.56. The van der Waals surface area contributed by atoms with Crippen LogP contribution in [0.2, 0.25) is 0 Å². The maximum absolute atomic E-state index is 13.5. The van der Waals surface area contributed by atoms with Gasteiger partial charge < -0.3 is 10.2 Å². The SMILES string of the molecule is CC(C)(C)c1c(CN)oc2cc(F)c(Br)cc12. The molecule has 0 saturated carbocycles. The van der Waals surface area contributed by atoms with E-state index < -0.39 is 0 Å². The third kappa shape index (κ3) is 2.11. The summed E-state index contributed by atoms with van der Waals surface area (Å²) in [5, 5.41) is 0.922. The zero-order valence-corrected chi connectivity index (χ0v) is 11.7. The Labute approximate surface area is 108 Å². The number of hydrogen-bond acceptors (Lipinski definition) is 2. The van der Waals surface area contributed by atoms with Gasteiger partial charge in [-0.25, -0.2) is 4.39 Å². The quantitative estimate of drug-likeness (QED) is 0.861. The first-order chi connectivity index (χ1) is 7.84. The van der Waals surface area contributed by atoms with Gasteiger partial charge in [0.25, 0.3) is 0 Å². The molecule has 0 spiro atoms. The van der Waals surface area contributed by atoms with Gasteiger partial charge in [-0.1, -0.05) is 20.8 Å². The van der Waals surface area contributed by atoms with E-state index in [1.165, 1.54) is 6.07 Å². The molecule has 0 unspecified atom stereocenters. The summed E-state index contributed by atoms with van der Waals surface area (Å²) in [6, 6.07) is 3.15. The van der Waals surface area contributed by atoms with Crippen molar-refractivity contribution in [2.45, 2.75) is 32.7 Å². The van der Waals surface area contributed by atoms with E-state index in [0.717, 1.165) is 16.7 Å². The molecule has 2 rings (SSSR count). The number of fused-ring (bicyclic) bond motifs is 1. The molecule has 0 bridgehead atoms. The first-order valence-electron chi connectivity index (χ1n) is 5.45. The highest BCUT2D eigenvalue weighted by Gasteiger charge is 2.25. The number of halogens is 2. The minimum Gasteiger partial charge on any atom is -0.459 e. The van der Waals surface area contributed by atoms with E-state index in [-0.39, 0.29) is 11.2 Å². The smallest absolute Gasteiger partial charge is 0.141 e.